The Labute approximate surface area is 104 Å². The first-order valence-corrected chi connectivity index (χ1v) is 5.69. The molecule has 3 unspecified atom stereocenters. The van der Waals surface area contributed by atoms with Crippen molar-refractivity contribution in [3.05, 3.63) is 12.2 Å². The lowest BCUT2D eigenvalue weighted by Crippen LogP contribution is -2.53. The molecule has 110 valence electrons. The van der Waals surface area contributed by atoms with Crippen molar-refractivity contribution in [2.24, 2.45) is 17.8 Å². The molecule has 0 radical (unpaired) electrons. The minimum atomic E-state index is -6.34. The highest BCUT2D eigenvalue weighted by Gasteiger charge is 2.74. The third-order valence-corrected chi connectivity index (χ3v) is 3.62. The SMILES string of the molecule is FC(F)(F)C(F)(F)C(F)(F)OCC1CC2C=CC1C2. The zero-order valence-corrected chi connectivity index (χ0v) is 9.56. The number of fused-ring (bicyclic) bond motifs is 2. The summed E-state index contributed by atoms with van der Waals surface area (Å²) in [5.74, 6) is -6.49. The Kier molecular flexibility index (Phi) is 3.35. The van der Waals surface area contributed by atoms with Crippen LogP contribution in [0.1, 0.15) is 12.8 Å². The summed E-state index contributed by atoms with van der Waals surface area (Å²) in [6.45, 7) is -0.801. The predicted octanol–water partition coefficient (Wildman–Crippen LogP) is 4.01. The standard InChI is InChI=1S/C11H11F7O/c12-9(13,10(14,15)16)11(17,18)19-5-8-4-6-1-2-7(8)3-6/h1-2,6-8H,3-5H2. The van der Waals surface area contributed by atoms with Gasteiger partial charge in [0.05, 0.1) is 6.61 Å². The molecule has 0 saturated heterocycles. The molecular formula is C11H11F7O. The molecule has 1 nitrogen and oxygen atoms in total. The predicted molar refractivity (Wildman–Crippen MR) is 50.7 cm³/mol. The first kappa shape index (κ1) is 14.6. The van der Waals surface area contributed by atoms with E-state index < -0.39 is 30.7 Å². The molecule has 19 heavy (non-hydrogen) atoms. The van der Waals surface area contributed by atoms with Crippen molar-refractivity contribution in [1.82, 2.24) is 0 Å². The van der Waals surface area contributed by atoms with E-state index in [1.165, 1.54) is 0 Å². The second-order valence-electron chi connectivity index (χ2n) is 4.94. The molecule has 0 aromatic rings. The second-order valence-corrected chi connectivity index (χ2v) is 4.94. The number of ether oxygens (including phenoxy) is 1. The summed E-state index contributed by atoms with van der Waals surface area (Å²) in [5, 5.41) is 0. The number of hydrogen-bond acceptors (Lipinski definition) is 1. The molecular weight excluding hydrogens is 281 g/mol. The van der Waals surface area contributed by atoms with Crippen molar-refractivity contribution >= 4 is 0 Å². The highest BCUT2D eigenvalue weighted by Crippen LogP contribution is 2.49. The molecule has 1 saturated carbocycles. The molecule has 2 aliphatic carbocycles. The highest BCUT2D eigenvalue weighted by molar-refractivity contribution is 5.10. The van der Waals surface area contributed by atoms with Gasteiger partial charge in [-0.25, -0.2) is 0 Å². The Morgan fingerprint density at radius 3 is 2.00 bits per heavy atom. The highest BCUT2D eigenvalue weighted by atomic mass is 19.4. The van der Waals surface area contributed by atoms with Crippen molar-refractivity contribution in [1.29, 1.82) is 0 Å². The lowest BCUT2D eigenvalue weighted by molar-refractivity contribution is -0.425. The number of hydrogen-bond donors (Lipinski definition) is 0. The number of allylic oxidation sites excluding steroid dienone is 2. The molecule has 0 aromatic heterocycles. The Hall–Kier alpha value is -0.790. The lowest BCUT2D eigenvalue weighted by atomic mass is 9.94. The van der Waals surface area contributed by atoms with Gasteiger partial charge in [0, 0.05) is 0 Å². The molecule has 0 spiro atoms. The minimum Gasteiger partial charge on any atom is -0.315 e. The van der Waals surface area contributed by atoms with Crippen LogP contribution in [0.2, 0.25) is 0 Å². The zero-order chi connectivity index (χ0) is 14.5. The third kappa shape index (κ3) is 2.46. The van der Waals surface area contributed by atoms with Gasteiger partial charge in [-0.1, -0.05) is 12.2 Å². The fraction of sp³-hybridized carbons (Fsp3) is 0.818. The van der Waals surface area contributed by atoms with Crippen LogP contribution < -0.4 is 0 Å². The van der Waals surface area contributed by atoms with Crippen molar-refractivity contribution < 1.29 is 35.5 Å². The molecule has 0 aromatic carbocycles. The van der Waals surface area contributed by atoms with Crippen LogP contribution in [0, 0.1) is 17.8 Å². The Bertz CT molecular complexity index is 374. The smallest absolute Gasteiger partial charge is 0.315 e. The first-order valence-electron chi connectivity index (χ1n) is 5.69. The largest absolute Gasteiger partial charge is 0.462 e. The van der Waals surface area contributed by atoms with Gasteiger partial charge in [-0.3, -0.25) is 0 Å². The van der Waals surface area contributed by atoms with E-state index in [1.54, 1.807) is 6.08 Å². The topological polar surface area (TPSA) is 9.23 Å². The third-order valence-electron chi connectivity index (χ3n) is 3.62. The fourth-order valence-electron chi connectivity index (χ4n) is 2.55. The summed E-state index contributed by atoms with van der Waals surface area (Å²) in [6.07, 6.45) is -7.03. The van der Waals surface area contributed by atoms with Gasteiger partial charge in [0.1, 0.15) is 0 Å². The molecule has 0 amide bonds. The van der Waals surface area contributed by atoms with Crippen LogP contribution in [-0.2, 0) is 4.74 Å². The monoisotopic (exact) mass is 292 g/mol. The molecule has 2 aliphatic rings. The maximum absolute atomic E-state index is 12.9. The van der Waals surface area contributed by atoms with E-state index in [4.69, 9.17) is 0 Å². The molecule has 8 heteroatoms. The van der Waals surface area contributed by atoms with E-state index in [2.05, 4.69) is 4.74 Å². The number of halogens is 7. The minimum absolute atomic E-state index is 0.0692. The van der Waals surface area contributed by atoms with Crippen LogP contribution in [0.15, 0.2) is 12.2 Å². The molecule has 3 atom stereocenters. The van der Waals surface area contributed by atoms with Gasteiger partial charge >= 0.3 is 18.2 Å². The van der Waals surface area contributed by atoms with E-state index in [0.29, 0.717) is 6.42 Å². The molecule has 1 fully saturated rings. The average molecular weight is 292 g/mol. The van der Waals surface area contributed by atoms with Gasteiger partial charge in [0.15, 0.2) is 0 Å². The first-order chi connectivity index (χ1) is 8.54. The van der Waals surface area contributed by atoms with Crippen LogP contribution in [0.5, 0.6) is 0 Å². The van der Waals surface area contributed by atoms with Crippen molar-refractivity contribution in [3.63, 3.8) is 0 Å². The van der Waals surface area contributed by atoms with Gasteiger partial charge in [0.2, 0.25) is 0 Å². The summed E-state index contributed by atoms with van der Waals surface area (Å²) < 4.78 is 90.1. The lowest BCUT2D eigenvalue weighted by Gasteiger charge is -2.29. The quantitative estimate of drug-likeness (QED) is 0.562. The summed E-state index contributed by atoms with van der Waals surface area (Å²) in [7, 11) is 0. The van der Waals surface area contributed by atoms with Crippen molar-refractivity contribution in [2.45, 2.75) is 31.0 Å². The van der Waals surface area contributed by atoms with Gasteiger partial charge in [-0.2, -0.15) is 30.7 Å². The van der Waals surface area contributed by atoms with Gasteiger partial charge < -0.3 is 4.74 Å². The maximum atomic E-state index is 12.9. The van der Waals surface area contributed by atoms with Crippen LogP contribution in [0.4, 0.5) is 30.7 Å². The van der Waals surface area contributed by atoms with E-state index >= 15 is 0 Å². The Morgan fingerprint density at radius 1 is 0.947 bits per heavy atom. The van der Waals surface area contributed by atoms with Crippen LogP contribution in [0.25, 0.3) is 0 Å². The van der Waals surface area contributed by atoms with E-state index in [1.807, 2.05) is 6.08 Å². The average Bonchev–Trinajstić information content (AvgIpc) is 2.86. The van der Waals surface area contributed by atoms with E-state index in [-0.39, 0.29) is 11.8 Å². The fourth-order valence-corrected chi connectivity index (χ4v) is 2.55. The Morgan fingerprint density at radius 2 is 1.58 bits per heavy atom. The van der Waals surface area contributed by atoms with Crippen molar-refractivity contribution in [2.75, 3.05) is 6.61 Å². The summed E-state index contributed by atoms with van der Waals surface area (Å²) >= 11 is 0. The van der Waals surface area contributed by atoms with E-state index in [0.717, 1.165) is 6.42 Å². The van der Waals surface area contributed by atoms with Crippen LogP contribution >= 0.6 is 0 Å². The van der Waals surface area contributed by atoms with Gasteiger partial charge in [-0.15, -0.1) is 0 Å². The summed E-state index contributed by atoms with van der Waals surface area (Å²) in [4.78, 5) is 0. The van der Waals surface area contributed by atoms with E-state index in [9.17, 15) is 30.7 Å². The normalized spacial score (nSPS) is 31.2. The van der Waals surface area contributed by atoms with Gasteiger partial charge in [-0.05, 0) is 30.6 Å². The summed E-state index contributed by atoms with van der Waals surface area (Å²) in [5.41, 5.74) is 0. The van der Waals surface area contributed by atoms with Crippen LogP contribution in [-0.4, -0.2) is 24.8 Å². The maximum Gasteiger partial charge on any atom is 0.462 e. The second kappa shape index (κ2) is 4.36. The molecule has 0 aliphatic heterocycles. The summed E-state index contributed by atoms with van der Waals surface area (Å²) in [6, 6.07) is 0. The van der Waals surface area contributed by atoms with Gasteiger partial charge in [0.25, 0.3) is 0 Å². The molecule has 2 rings (SSSR count). The van der Waals surface area contributed by atoms with Crippen LogP contribution in [0.3, 0.4) is 0 Å². The number of alkyl halides is 7. The molecule has 0 heterocycles. The number of rotatable bonds is 4. The zero-order valence-electron chi connectivity index (χ0n) is 9.56. The Balaban J connectivity index is 1.96. The molecule has 0 N–H and O–H groups in total. The van der Waals surface area contributed by atoms with Crippen molar-refractivity contribution in [3.8, 4) is 0 Å². The molecule has 2 bridgehead atoms.